The summed E-state index contributed by atoms with van der Waals surface area (Å²) < 4.78 is 1.41. The Bertz CT molecular complexity index is 537. The molecule has 7 nitrogen and oxygen atoms in total. The molecule has 2 amide bonds. The Labute approximate surface area is 116 Å². The molecule has 0 radical (unpaired) electrons. The van der Waals surface area contributed by atoms with Crippen LogP contribution >= 0.6 is 0 Å². The van der Waals surface area contributed by atoms with Gasteiger partial charge in [-0.3, -0.25) is 14.4 Å². The van der Waals surface area contributed by atoms with Crippen molar-refractivity contribution in [3.63, 3.8) is 0 Å². The fourth-order valence-electron chi connectivity index (χ4n) is 2.40. The normalized spacial score (nSPS) is 18.1. The van der Waals surface area contributed by atoms with Crippen molar-refractivity contribution < 1.29 is 19.5 Å². The minimum Gasteiger partial charge on any atom is -0.480 e. The summed E-state index contributed by atoms with van der Waals surface area (Å²) in [6.45, 7) is 2.22. The van der Waals surface area contributed by atoms with Crippen LogP contribution in [0.1, 0.15) is 23.8 Å². The van der Waals surface area contributed by atoms with Gasteiger partial charge in [0.05, 0.1) is 0 Å². The van der Waals surface area contributed by atoms with E-state index in [0.29, 0.717) is 25.2 Å². The summed E-state index contributed by atoms with van der Waals surface area (Å²) in [6.07, 6.45) is 2.29. The number of nitrogens with one attached hydrogen (secondary N) is 1. The Hall–Kier alpha value is -2.31. The highest BCUT2D eigenvalue weighted by atomic mass is 16.4. The highest BCUT2D eigenvalue weighted by molar-refractivity contribution is 5.93. The van der Waals surface area contributed by atoms with Crippen molar-refractivity contribution in [2.75, 3.05) is 13.1 Å². The van der Waals surface area contributed by atoms with Gasteiger partial charge in [0, 0.05) is 32.3 Å². The lowest BCUT2D eigenvalue weighted by Gasteiger charge is -2.17. The molecule has 0 saturated carbocycles. The van der Waals surface area contributed by atoms with Crippen LogP contribution in [0.3, 0.4) is 0 Å². The number of carbonyl (C=O) groups is 3. The fraction of sp³-hybridized carbons (Fsp3) is 0.462. The highest BCUT2D eigenvalue weighted by Crippen LogP contribution is 2.14. The van der Waals surface area contributed by atoms with Crippen LogP contribution in [-0.4, -0.2) is 51.5 Å². The zero-order valence-electron chi connectivity index (χ0n) is 11.2. The number of nitrogens with zero attached hydrogens (tertiary/aromatic N) is 2. The van der Waals surface area contributed by atoms with Gasteiger partial charge in [0.15, 0.2) is 0 Å². The second-order valence-electron chi connectivity index (χ2n) is 4.85. The number of rotatable bonds is 4. The van der Waals surface area contributed by atoms with Crippen LogP contribution in [0.2, 0.25) is 0 Å². The Morgan fingerprint density at radius 2 is 2.20 bits per heavy atom. The molecule has 0 aliphatic carbocycles. The van der Waals surface area contributed by atoms with Crippen LogP contribution in [0.25, 0.3) is 0 Å². The molecule has 1 aromatic heterocycles. The molecule has 1 aliphatic heterocycles. The lowest BCUT2D eigenvalue weighted by atomic mass is 10.2. The third kappa shape index (κ3) is 3.17. The van der Waals surface area contributed by atoms with Crippen LogP contribution < -0.4 is 5.32 Å². The maximum Gasteiger partial charge on any atom is 0.323 e. The lowest BCUT2D eigenvalue weighted by molar-refractivity contribution is -0.137. The van der Waals surface area contributed by atoms with Crippen LogP contribution in [0.15, 0.2) is 18.3 Å². The van der Waals surface area contributed by atoms with Crippen molar-refractivity contribution >= 4 is 17.8 Å². The maximum absolute atomic E-state index is 12.3. The van der Waals surface area contributed by atoms with Crippen LogP contribution in [0.5, 0.6) is 0 Å². The predicted octanol–water partition coefficient (Wildman–Crippen LogP) is -0.0767. The van der Waals surface area contributed by atoms with Gasteiger partial charge in [0.1, 0.15) is 12.2 Å². The van der Waals surface area contributed by atoms with Crippen molar-refractivity contribution in [3.8, 4) is 0 Å². The standard InChI is InChI=1S/C13H17N3O4/c1-9(17)14-10-4-6-16(7-10)13(20)11-3-2-5-15(11)8-12(18)19/h2-3,5,10H,4,6-8H2,1H3,(H,14,17)(H,18,19). The van der Waals surface area contributed by atoms with Crippen LogP contribution in [0, 0.1) is 0 Å². The summed E-state index contributed by atoms with van der Waals surface area (Å²) in [4.78, 5) is 35.7. The van der Waals surface area contributed by atoms with E-state index in [1.807, 2.05) is 0 Å². The third-order valence-corrected chi connectivity index (χ3v) is 3.24. The third-order valence-electron chi connectivity index (χ3n) is 3.24. The van der Waals surface area contributed by atoms with Gasteiger partial charge in [0.2, 0.25) is 5.91 Å². The zero-order chi connectivity index (χ0) is 14.7. The molecule has 0 spiro atoms. The second kappa shape index (κ2) is 5.77. The number of amides is 2. The largest absolute Gasteiger partial charge is 0.480 e. The topological polar surface area (TPSA) is 91.6 Å². The van der Waals surface area contributed by atoms with Crippen LogP contribution in [-0.2, 0) is 16.1 Å². The molecule has 0 bridgehead atoms. The monoisotopic (exact) mass is 279 g/mol. The number of aromatic nitrogens is 1. The summed E-state index contributed by atoms with van der Waals surface area (Å²) in [5, 5.41) is 11.6. The van der Waals surface area contributed by atoms with Gasteiger partial charge in [-0.2, -0.15) is 0 Å². The van der Waals surface area contributed by atoms with E-state index >= 15 is 0 Å². The average Bonchev–Trinajstić information content (AvgIpc) is 2.96. The van der Waals surface area contributed by atoms with E-state index < -0.39 is 5.97 Å². The first-order valence-electron chi connectivity index (χ1n) is 6.40. The Morgan fingerprint density at radius 1 is 1.45 bits per heavy atom. The Balaban J connectivity index is 2.04. The maximum atomic E-state index is 12.3. The van der Waals surface area contributed by atoms with Gasteiger partial charge in [0.25, 0.3) is 5.91 Å². The average molecular weight is 279 g/mol. The number of carboxylic acid groups (broad SMARTS) is 1. The van der Waals surface area contributed by atoms with E-state index in [4.69, 9.17) is 5.11 Å². The van der Waals surface area contributed by atoms with E-state index in [9.17, 15) is 14.4 Å². The molecule has 1 aromatic rings. The van der Waals surface area contributed by atoms with Gasteiger partial charge in [-0.1, -0.05) is 0 Å². The first-order valence-corrected chi connectivity index (χ1v) is 6.40. The molecular formula is C13H17N3O4. The van der Waals surface area contributed by atoms with Gasteiger partial charge in [-0.15, -0.1) is 0 Å². The number of hydrogen-bond acceptors (Lipinski definition) is 3. The minimum atomic E-state index is -0.993. The van der Waals surface area contributed by atoms with Crippen molar-refractivity contribution in [3.05, 3.63) is 24.0 Å². The summed E-state index contributed by atoms with van der Waals surface area (Å²) in [6, 6.07) is 3.23. The van der Waals surface area contributed by atoms with E-state index in [0.717, 1.165) is 0 Å². The van der Waals surface area contributed by atoms with Gasteiger partial charge < -0.3 is 19.9 Å². The molecule has 1 saturated heterocycles. The molecule has 1 aliphatic rings. The molecule has 1 unspecified atom stereocenters. The second-order valence-corrected chi connectivity index (χ2v) is 4.85. The number of aliphatic carboxylic acids is 1. The molecule has 1 fully saturated rings. The van der Waals surface area contributed by atoms with Gasteiger partial charge in [-0.25, -0.2) is 0 Å². The molecule has 2 N–H and O–H groups in total. The van der Waals surface area contributed by atoms with E-state index in [1.54, 1.807) is 23.2 Å². The minimum absolute atomic E-state index is 0.0284. The quantitative estimate of drug-likeness (QED) is 0.806. The Morgan fingerprint density at radius 3 is 2.85 bits per heavy atom. The molecular weight excluding hydrogens is 262 g/mol. The van der Waals surface area contributed by atoms with Gasteiger partial charge >= 0.3 is 5.97 Å². The molecule has 0 aromatic carbocycles. The van der Waals surface area contributed by atoms with Crippen molar-refractivity contribution in [1.82, 2.24) is 14.8 Å². The zero-order valence-corrected chi connectivity index (χ0v) is 11.2. The first-order chi connectivity index (χ1) is 9.47. The van der Waals surface area contributed by atoms with E-state index in [-0.39, 0.29) is 24.4 Å². The SMILES string of the molecule is CC(=O)NC1CCN(C(=O)c2cccn2CC(=O)O)C1. The number of carboxylic acids is 1. The predicted molar refractivity (Wildman–Crippen MR) is 70.2 cm³/mol. The molecule has 20 heavy (non-hydrogen) atoms. The van der Waals surface area contributed by atoms with Gasteiger partial charge in [-0.05, 0) is 18.6 Å². The molecule has 1 atom stereocenters. The Kier molecular flexibility index (Phi) is 4.07. The molecule has 2 rings (SSSR count). The van der Waals surface area contributed by atoms with E-state index in [2.05, 4.69) is 5.32 Å². The highest BCUT2D eigenvalue weighted by Gasteiger charge is 2.28. The summed E-state index contributed by atoms with van der Waals surface area (Å²) >= 11 is 0. The smallest absolute Gasteiger partial charge is 0.323 e. The molecule has 7 heteroatoms. The van der Waals surface area contributed by atoms with Crippen molar-refractivity contribution in [2.45, 2.75) is 25.9 Å². The molecule has 2 heterocycles. The van der Waals surface area contributed by atoms with Crippen molar-refractivity contribution in [1.29, 1.82) is 0 Å². The number of hydrogen-bond donors (Lipinski definition) is 2. The summed E-state index contributed by atoms with van der Waals surface area (Å²) in [5.41, 5.74) is 0.357. The number of likely N-dealkylation sites (tertiary alicyclic amines) is 1. The summed E-state index contributed by atoms with van der Waals surface area (Å²) in [5.74, 6) is -1.31. The lowest BCUT2D eigenvalue weighted by Crippen LogP contribution is -2.37. The first kappa shape index (κ1) is 14.1. The molecule has 108 valence electrons. The number of carbonyl (C=O) groups excluding carboxylic acids is 2. The fourth-order valence-corrected chi connectivity index (χ4v) is 2.40. The van der Waals surface area contributed by atoms with Crippen molar-refractivity contribution in [2.24, 2.45) is 0 Å². The van der Waals surface area contributed by atoms with E-state index in [1.165, 1.54) is 11.5 Å². The van der Waals surface area contributed by atoms with Crippen LogP contribution in [0.4, 0.5) is 0 Å². The summed E-state index contributed by atoms with van der Waals surface area (Å²) in [7, 11) is 0.